The van der Waals surface area contributed by atoms with Gasteiger partial charge in [0, 0.05) is 18.9 Å². The number of carbonyl (C=O) groups excluding carboxylic acids is 3. The van der Waals surface area contributed by atoms with Gasteiger partial charge < -0.3 is 25.2 Å². The van der Waals surface area contributed by atoms with Gasteiger partial charge in [-0.3, -0.25) is 14.4 Å². The predicted molar refractivity (Wildman–Crippen MR) is 149 cm³/mol. The number of allylic oxidation sites excluding steroid dienone is 2. The number of benzene rings is 2. The maximum Gasteiger partial charge on any atom is 0.305 e. The highest BCUT2D eigenvalue weighted by atomic mass is 16.5. The lowest BCUT2D eigenvalue weighted by molar-refractivity contribution is -0.145. The van der Waals surface area contributed by atoms with Gasteiger partial charge in [-0.25, -0.2) is 0 Å². The molecule has 1 aliphatic rings. The van der Waals surface area contributed by atoms with E-state index >= 15 is 0 Å². The molecule has 210 valence electrons. The molecule has 0 saturated carbocycles. The van der Waals surface area contributed by atoms with E-state index in [4.69, 9.17) is 9.47 Å². The Kier molecular flexibility index (Phi) is 12.5. The number of hydrogen-bond acceptors (Lipinski definition) is 6. The van der Waals surface area contributed by atoms with Gasteiger partial charge in [-0.2, -0.15) is 0 Å². The number of hydrogen-bond donors (Lipinski definition) is 3. The van der Waals surface area contributed by atoms with E-state index in [0.29, 0.717) is 25.9 Å². The van der Waals surface area contributed by atoms with Crippen molar-refractivity contribution in [3.8, 4) is 5.75 Å². The topological polar surface area (TPSA) is 114 Å². The molecule has 39 heavy (non-hydrogen) atoms. The average molecular weight is 537 g/mol. The summed E-state index contributed by atoms with van der Waals surface area (Å²) < 4.78 is 11.4. The van der Waals surface area contributed by atoms with E-state index < -0.39 is 12.0 Å². The van der Waals surface area contributed by atoms with Gasteiger partial charge in [0.25, 0.3) is 0 Å². The molecule has 0 aliphatic carbocycles. The first-order valence-electron chi connectivity index (χ1n) is 13.7. The fraction of sp³-hybridized carbons (Fsp3) is 0.452. The second-order valence-corrected chi connectivity index (χ2v) is 10.0. The zero-order chi connectivity index (χ0) is 27.9. The SMILES string of the molecule is CC(CO)NC(=O)CC1CC=CCCCCC(=O)OCC(Cc2ccc(OCc3ccccc3)cc2)NC1=O. The summed E-state index contributed by atoms with van der Waals surface area (Å²) in [4.78, 5) is 38.0. The van der Waals surface area contributed by atoms with E-state index in [1.165, 1.54) is 0 Å². The normalized spacial score (nSPS) is 19.7. The van der Waals surface area contributed by atoms with Gasteiger partial charge in [-0.15, -0.1) is 0 Å². The minimum Gasteiger partial charge on any atom is -0.489 e. The fourth-order valence-electron chi connectivity index (χ4n) is 4.28. The molecular weight excluding hydrogens is 496 g/mol. The van der Waals surface area contributed by atoms with E-state index in [0.717, 1.165) is 36.1 Å². The number of carbonyl (C=O) groups is 3. The van der Waals surface area contributed by atoms with Crippen molar-refractivity contribution < 1.29 is 29.0 Å². The third kappa shape index (κ3) is 11.3. The van der Waals surface area contributed by atoms with Crippen LogP contribution in [0, 0.1) is 5.92 Å². The third-order valence-electron chi connectivity index (χ3n) is 6.52. The van der Waals surface area contributed by atoms with Gasteiger partial charge in [-0.1, -0.05) is 54.6 Å². The predicted octanol–water partition coefficient (Wildman–Crippen LogP) is 3.86. The molecule has 2 aromatic rings. The minimum atomic E-state index is -0.581. The fourth-order valence-corrected chi connectivity index (χ4v) is 4.28. The van der Waals surface area contributed by atoms with Crippen LogP contribution in [0.1, 0.15) is 56.6 Å². The van der Waals surface area contributed by atoms with Crippen LogP contribution >= 0.6 is 0 Å². The van der Waals surface area contributed by atoms with Crippen LogP contribution in [0.25, 0.3) is 0 Å². The van der Waals surface area contributed by atoms with Crippen molar-refractivity contribution in [3.05, 3.63) is 77.9 Å². The minimum absolute atomic E-state index is 0.000467. The van der Waals surface area contributed by atoms with Gasteiger partial charge in [0.15, 0.2) is 0 Å². The van der Waals surface area contributed by atoms with Crippen LogP contribution < -0.4 is 15.4 Å². The largest absolute Gasteiger partial charge is 0.489 e. The molecule has 1 heterocycles. The van der Waals surface area contributed by atoms with Gasteiger partial charge >= 0.3 is 5.97 Å². The van der Waals surface area contributed by atoms with Crippen molar-refractivity contribution in [1.29, 1.82) is 0 Å². The Hall–Kier alpha value is -3.65. The molecule has 8 nitrogen and oxygen atoms in total. The quantitative estimate of drug-likeness (QED) is 0.331. The Morgan fingerprint density at radius 2 is 1.85 bits per heavy atom. The van der Waals surface area contributed by atoms with Crippen LogP contribution in [0.5, 0.6) is 5.75 Å². The molecular formula is C31H40N2O6. The Balaban J connectivity index is 1.67. The molecule has 3 atom stereocenters. The number of cyclic esters (lactones) is 1. The van der Waals surface area contributed by atoms with Crippen molar-refractivity contribution in [2.45, 2.75) is 70.6 Å². The summed E-state index contributed by atoms with van der Waals surface area (Å²) in [6, 6.07) is 16.7. The van der Waals surface area contributed by atoms with Crippen LogP contribution in [0.4, 0.5) is 0 Å². The van der Waals surface area contributed by atoms with Gasteiger partial charge in [0.2, 0.25) is 11.8 Å². The molecule has 0 aromatic heterocycles. The Morgan fingerprint density at radius 1 is 1.08 bits per heavy atom. The molecule has 3 unspecified atom stereocenters. The lowest BCUT2D eigenvalue weighted by atomic mass is 9.97. The number of aliphatic hydroxyl groups excluding tert-OH is 1. The summed E-state index contributed by atoms with van der Waals surface area (Å²) in [5.41, 5.74) is 2.03. The summed E-state index contributed by atoms with van der Waals surface area (Å²) in [7, 11) is 0. The van der Waals surface area contributed by atoms with Crippen molar-refractivity contribution in [3.63, 3.8) is 0 Å². The molecule has 0 fully saturated rings. The first kappa shape index (κ1) is 29.9. The number of nitrogens with one attached hydrogen (secondary N) is 2. The van der Waals surface area contributed by atoms with E-state index in [2.05, 4.69) is 10.6 Å². The number of ether oxygens (including phenoxy) is 2. The summed E-state index contributed by atoms with van der Waals surface area (Å²) in [6.45, 7) is 2.04. The second-order valence-electron chi connectivity index (χ2n) is 10.0. The van der Waals surface area contributed by atoms with E-state index in [-0.39, 0.29) is 43.5 Å². The summed E-state index contributed by atoms with van der Waals surface area (Å²) in [5.74, 6) is -0.692. The molecule has 0 bridgehead atoms. The van der Waals surface area contributed by atoms with Gasteiger partial charge in [0.1, 0.15) is 19.0 Å². The first-order valence-corrected chi connectivity index (χ1v) is 13.7. The molecule has 3 rings (SSSR count). The Bertz CT molecular complexity index is 1070. The van der Waals surface area contributed by atoms with Crippen molar-refractivity contribution in [2.24, 2.45) is 5.92 Å². The zero-order valence-corrected chi connectivity index (χ0v) is 22.6. The monoisotopic (exact) mass is 536 g/mol. The molecule has 2 aromatic carbocycles. The highest BCUT2D eigenvalue weighted by molar-refractivity contribution is 5.86. The maximum atomic E-state index is 13.3. The van der Waals surface area contributed by atoms with Crippen molar-refractivity contribution >= 4 is 17.8 Å². The maximum absolute atomic E-state index is 13.3. The second kappa shape index (κ2) is 16.3. The van der Waals surface area contributed by atoms with Crippen LogP contribution in [0.2, 0.25) is 0 Å². The molecule has 3 N–H and O–H groups in total. The van der Waals surface area contributed by atoms with E-state index in [9.17, 15) is 19.5 Å². The summed E-state index contributed by atoms with van der Waals surface area (Å²) >= 11 is 0. The van der Waals surface area contributed by atoms with Gasteiger partial charge in [-0.05, 0) is 62.3 Å². The molecule has 0 spiro atoms. The Labute approximate surface area is 230 Å². The van der Waals surface area contributed by atoms with Crippen LogP contribution in [-0.2, 0) is 32.1 Å². The van der Waals surface area contributed by atoms with Crippen LogP contribution in [0.3, 0.4) is 0 Å². The zero-order valence-electron chi connectivity index (χ0n) is 22.6. The lowest BCUT2D eigenvalue weighted by Crippen LogP contribution is -2.45. The molecule has 0 radical (unpaired) electrons. The number of aliphatic hydroxyl groups is 1. The number of amides is 2. The van der Waals surface area contributed by atoms with Gasteiger partial charge in [0.05, 0.1) is 18.6 Å². The first-order chi connectivity index (χ1) is 18.9. The number of esters is 1. The van der Waals surface area contributed by atoms with Crippen molar-refractivity contribution in [2.75, 3.05) is 13.2 Å². The highest BCUT2D eigenvalue weighted by Crippen LogP contribution is 2.17. The number of rotatable bonds is 9. The van der Waals surface area contributed by atoms with Crippen molar-refractivity contribution in [1.82, 2.24) is 10.6 Å². The summed E-state index contributed by atoms with van der Waals surface area (Å²) in [5, 5.41) is 15.0. The highest BCUT2D eigenvalue weighted by Gasteiger charge is 2.25. The van der Waals surface area contributed by atoms with E-state index in [1.54, 1.807) is 6.92 Å². The van der Waals surface area contributed by atoms with Crippen LogP contribution in [0.15, 0.2) is 66.7 Å². The third-order valence-corrected chi connectivity index (χ3v) is 6.52. The molecule has 2 amide bonds. The molecule has 1 aliphatic heterocycles. The summed E-state index contributed by atoms with van der Waals surface area (Å²) in [6.07, 6.45) is 7.51. The van der Waals surface area contributed by atoms with E-state index in [1.807, 2.05) is 66.7 Å². The Morgan fingerprint density at radius 3 is 2.59 bits per heavy atom. The van der Waals surface area contributed by atoms with Crippen LogP contribution in [-0.4, -0.2) is 48.2 Å². The average Bonchev–Trinajstić information content (AvgIpc) is 2.94. The standard InChI is InChI=1S/C31H40N2O6/c1-23(20-34)32-29(35)19-26-12-8-3-2-4-9-13-30(36)39-22-27(33-31(26)37)18-24-14-16-28(17-15-24)38-21-25-10-6-5-7-11-25/h3,5-8,10-11,14-17,23,26-27,34H,2,4,9,12-13,18-22H2,1H3,(H,32,35)(H,33,37). The molecule has 0 saturated heterocycles. The lowest BCUT2D eigenvalue weighted by Gasteiger charge is -2.23. The smallest absolute Gasteiger partial charge is 0.305 e. The molecule has 8 heteroatoms.